The second kappa shape index (κ2) is 10.8. The zero-order valence-corrected chi connectivity index (χ0v) is 25.1. The van der Waals surface area contributed by atoms with Gasteiger partial charge in [-0.15, -0.1) is 0 Å². The Balaban J connectivity index is 1.41. The van der Waals surface area contributed by atoms with Gasteiger partial charge in [0.25, 0.3) is 0 Å². The largest absolute Gasteiger partial charge is 0.265 e. The molecule has 0 N–H and O–H groups in total. The van der Waals surface area contributed by atoms with E-state index in [-0.39, 0.29) is 0 Å². The summed E-state index contributed by atoms with van der Waals surface area (Å²) in [6, 6.07) is 56.8. The molecule has 0 amide bonds. The van der Waals surface area contributed by atoms with E-state index in [4.69, 9.17) is 4.98 Å². The van der Waals surface area contributed by atoms with E-state index in [1.807, 2.05) is 24.5 Å². The van der Waals surface area contributed by atoms with Gasteiger partial charge in [-0.2, -0.15) is 0 Å². The summed E-state index contributed by atoms with van der Waals surface area (Å²) in [5.74, 6) is 0. The van der Waals surface area contributed by atoms with E-state index in [9.17, 15) is 0 Å². The third-order valence-electron chi connectivity index (χ3n) is 9.16. The van der Waals surface area contributed by atoms with Crippen molar-refractivity contribution in [3.05, 3.63) is 170 Å². The van der Waals surface area contributed by atoms with Crippen LogP contribution < -0.4 is 0 Å². The Morgan fingerprint density at radius 3 is 1.43 bits per heavy atom. The predicted octanol–water partition coefficient (Wildman–Crippen LogP) is 11.8. The molecule has 214 valence electrons. The summed E-state index contributed by atoms with van der Waals surface area (Å²) in [6.07, 6.45) is 3.63. The van der Waals surface area contributed by atoms with E-state index in [1.54, 1.807) is 0 Å². The lowest BCUT2D eigenvalue weighted by Crippen LogP contribution is -1.94. The summed E-state index contributed by atoms with van der Waals surface area (Å²) >= 11 is 0. The van der Waals surface area contributed by atoms with Crippen LogP contribution >= 0.6 is 0 Å². The average molecular weight is 585 g/mol. The van der Waals surface area contributed by atoms with Crippen LogP contribution in [0.3, 0.4) is 0 Å². The van der Waals surface area contributed by atoms with Gasteiger partial charge >= 0.3 is 0 Å². The van der Waals surface area contributed by atoms with E-state index in [0.29, 0.717) is 0 Å². The molecule has 2 aromatic heterocycles. The summed E-state index contributed by atoms with van der Waals surface area (Å²) in [6.45, 7) is 0. The van der Waals surface area contributed by atoms with Gasteiger partial charge in [0.2, 0.25) is 0 Å². The third-order valence-corrected chi connectivity index (χ3v) is 9.16. The quantitative estimate of drug-likeness (QED) is 0.192. The second-order valence-corrected chi connectivity index (χ2v) is 11.8. The number of fused-ring (bicyclic) bond motifs is 4. The van der Waals surface area contributed by atoms with Gasteiger partial charge in [0.05, 0.1) is 11.4 Å². The van der Waals surface area contributed by atoms with Crippen molar-refractivity contribution in [3.8, 4) is 44.8 Å². The maximum atomic E-state index is 5.13. The molecule has 9 rings (SSSR count). The zero-order chi connectivity index (χ0) is 30.5. The first-order chi connectivity index (χ1) is 22.8. The summed E-state index contributed by atoms with van der Waals surface area (Å²) in [7, 11) is 0. The summed E-state index contributed by atoms with van der Waals surface area (Å²) < 4.78 is 0. The Kier molecular flexibility index (Phi) is 6.17. The summed E-state index contributed by atoms with van der Waals surface area (Å²) in [5, 5.41) is 9.91. The molecule has 0 saturated heterocycles. The standard InChI is InChI=1S/C44H28N2/c1-3-14-33-29(10-1)12-7-18-35(33)43-37-16-5-6-17-38(37)44(36-19-8-13-30-11-2-4-15-34(30)36)40-28-32(22-23-39(40)43)42-21-9-20-41(46-42)31-24-26-45-27-25-31/h1-28H. The maximum Gasteiger partial charge on any atom is 0.0710 e. The van der Waals surface area contributed by atoms with Crippen LogP contribution in [0.15, 0.2) is 170 Å². The van der Waals surface area contributed by atoms with E-state index in [0.717, 1.165) is 22.5 Å². The highest BCUT2D eigenvalue weighted by Crippen LogP contribution is 2.47. The number of benzene rings is 7. The second-order valence-electron chi connectivity index (χ2n) is 11.8. The molecule has 0 radical (unpaired) electrons. The van der Waals surface area contributed by atoms with Crippen LogP contribution in [-0.4, -0.2) is 9.97 Å². The van der Waals surface area contributed by atoms with Crippen LogP contribution in [0, 0.1) is 0 Å². The highest BCUT2D eigenvalue weighted by molar-refractivity contribution is 6.25. The lowest BCUT2D eigenvalue weighted by Gasteiger charge is -2.20. The fraction of sp³-hybridized carbons (Fsp3) is 0. The molecule has 0 saturated carbocycles. The van der Waals surface area contributed by atoms with Gasteiger partial charge < -0.3 is 0 Å². The third kappa shape index (κ3) is 4.27. The van der Waals surface area contributed by atoms with Gasteiger partial charge in [-0.1, -0.05) is 127 Å². The van der Waals surface area contributed by atoms with Crippen molar-refractivity contribution in [2.75, 3.05) is 0 Å². The van der Waals surface area contributed by atoms with Crippen LogP contribution in [0.2, 0.25) is 0 Å². The molecule has 9 aromatic rings. The first-order valence-electron chi connectivity index (χ1n) is 15.7. The SMILES string of the molecule is c1cc(-c2ccncc2)nc(-c2ccc3c(-c4cccc5ccccc45)c4ccccc4c(-c4cccc5ccccc45)c3c2)c1. The van der Waals surface area contributed by atoms with E-state index in [1.165, 1.54) is 65.3 Å². The number of pyridine rings is 2. The van der Waals surface area contributed by atoms with Crippen molar-refractivity contribution in [1.82, 2.24) is 9.97 Å². The first-order valence-corrected chi connectivity index (χ1v) is 15.7. The monoisotopic (exact) mass is 584 g/mol. The van der Waals surface area contributed by atoms with E-state index >= 15 is 0 Å². The molecule has 46 heavy (non-hydrogen) atoms. The van der Waals surface area contributed by atoms with Crippen molar-refractivity contribution in [2.45, 2.75) is 0 Å². The molecule has 0 unspecified atom stereocenters. The molecule has 2 heterocycles. The van der Waals surface area contributed by atoms with Gasteiger partial charge in [0, 0.05) is 23.5 Å². The summed E-state index contributed by atoms with van der Waals surface area (Å²) in [4.78, 5) is 9.32. The number of hydrogen-bond donors (Lipinski definition) is 0. The van der Waals surface area contributed by atoms with Crippen molar-refractivity contribution in [3.63, 3.8) is 0 Å². The Bertz CT molecular complexity index is 2570. The van der Waals surface area contributed by atoms with Crippen molar-refractivity contribution >= 4 is 43.1 Å². The molecule has 0 spiro atoms. The molecule has 0 aliphatic heterocycles. The van der Waals surface area contributed by atoms with Crippen molar-refractivity contribution < 1.29 is 0 Å². The Morgan fingerprint density at radius 2 is 0.804 bits per heavy atom. The molecule has 0 aliphatic rings. The topological polar surface area (TPSA) is 25.8 Å². The first kappa shape index (κ1) is 26.3. The van der Waals surface area contributed by atoms with E-state index < -0.39 is 0 Å². The van der Waals surface area contributed by atoms with Gasteiger partial charge in [-0.05, 0) is 95.7 Å². The highest BCUT2D eigenvalue weighted by atomic mass is 14.7. The van der Waals surface area contributed by atoms with Gasteiger partial charge in [-0.3, -0.25) is 4.98 Å². The average Bonchev–Trinajstić information content (AvgIpc) is 3.14. The minimum absolute atomic E-state index is 0.934. The van der Waals surface area contributed by atoms with Gasteiger partial charge in [-0.25, -0.2) is 4.98 Å². The number of rotatable bonds is 4. The predicted molar refractivity (Wildman–Crippen MR) is 194 cm³/mol. The van der Waals surface area contributed by atoms with Crippen LogP contribution in [-0.2, 0) is 0 Å². The van der Waals surface area contributed by atoms with Crippen molar-refractivity contribution in [2.24, 2.45) is 0 Å². The summed E-state index contributed by atoms with van der Waals surface area (Å²) in [5.41, 5.74) is 9.01. The van der Waals surface area contributed by atoms with Crippen LogP contribution in [0.1, 0.15) is 0 Å². The minimum Gasteiger partial charge on any atom is -0.265 e. The minimum atomic E-state index is 0.934. The number of nitrogens with zero attached hydrogens (tertiary/aromatic N) is 2. The maximum absolute atomic E-state index is 5.13. The molecule has 2 nitrogen and oxygen atoms in total. The van der Waals surface area contributed by atoms with Crippen LogP contribution in [0.4, 0.5) is 0 Å². The number of aromatic nitrogens is 2. The normalized spacial score (nSPS) is 11.5. The molecule has 0 bridgehead atoms. The molecule has 0 atom stereocenters. The molecule has 0 aliphatic carbocycles. The lowest BCUT2D eigenvalue weighted by atomic mass is 9.83. The molecular formula is C44H28N2. The fourth-order valence-corrected chi connectivity index (χ4v) is 7.08. The van der Waals surface area contributed by atoms with Crippen LogP contribution in [0.5, 0.6) is 0 Å². The molecular weight excluding hydrogens is 556 g/mol. The Hall–Kier alpha value is -6.12. The van der Waals surface area contributed by atoms with Crippen LogP contribution in [0.25, 0.3) is 87.9 Å². The van der Waals surface area contributed by atoms with E-state index in [2.05, 4.69) is 151 Å². The van der Waals surface area contributed by atoms with Crippen molar-refractivity contribution in [1.29, 1.82) is 0 Å². The zero-order valence-electron chi connectivity index (χ0n) is 25.1. The molecule has 2 heteroatoms. The Labute approximate surface area is 267 Å². The number of hydrogen-bond acceptors (Lipinski definition) is 2. The van der Waals surface area contributed by atoms with Gasteiger partial charge in [0.1, 0.15) is 0 Å². The highest BCUT2D eigenvalue weighted by Gasteiger charge is 2.20. The smallest absolute Gasteiger partial charge is 0.0710 e. The lowest BCUT2D eigenvalue weighted by molar-refractivity contribution is 1.29. The molecule has 0 fully saturated rings. The van der Waals surface area contributed by atoms with Gasteiger partial charge in [0.15, 0.2) is 0 Å². The Morgan fingerprint density at radius 1 is 0.326 bits per heavy atom. The molecule has 7 aromatic carbocycles. The fourth-order valence-electron chi connectivity index (χ4n) is 7.08.